The Bertz CT molecular complexity index is 415. The molecule has 0 aromatic carbocycles. The molecule has 0 saturated heterocycles. The molecule has 0 spiro atoms. The second-order valence-electron chi connectivity index (χ2n) is 5.04. The summed E-state index contributed by atoms with van der Waals surface area (Å²) in [5, 5.41) is 2.94. The molecule has 5 heteroatoms. The van der Waals surface area contributed by atoms with Crippen molar-refractivity contribution in [2.45, 2.75) is 31.7 Å². The molecule has 0 aliphatic heterocycles. The van der Waals surface area contributed by atoms with Crippen molar-refractivity contribution in [1.29, 1.82) is 0 Å². The quantitative estimate of drug-likeness (QED) is 0.846. The van der Waals surface area contributed by atoms with Crippen LogP contribution >= 0.6 is 15.9 Å². The van der Waals surface area contributed by atoms with E-state index in [1.165, 1.54) is 25.7 Å². The highest BCUT2D eigenvalue weighted by Gasteiger charge is 2.19. The highest BCUT2D eigenvalue weighted by atomic mass is 79.9. The summed E-state index contributed by atoms with van der Waals surface area (Å²) in [5.74, 6) is -0.0557. The van der Waals surface area contributed by atoms with Crippen LogP contribution < -0.4 is 5.32 Å². The van der Waals surface area contributed by atoms with Crippen LogP contribution in [0.1, 0.15) is 36.0 Å². The minimum atomic E-state index is -0.0557. The van der Waals surface area contributed by atoms with Crippen LogP contribution in [0.25, 0.3) is 0 Å². The average Bonchev–Trinajstić information content (AvgIpc) is 2.93. The van der Waals surface area contributed by atoms with Crippen LogP contribution in [-0.4, -0.2) is 42.0 Å². The molecule has 1 aromatic heterocycles. The summed E-state index contributed by atoms with van der Waals surface area (Å²) in [5.41, 5.74) is 0.603. The second kappa shape index (κ2) is 7.01. The normalized spacial score (nSPS) is 15.9. The van der Waals surface area contributed by atoms with Gasteiger partial charge in [0.2, 0.25) is 0 Å². The van der Waals surface area contributed by atoms with E-state index in [4.69, 9.17) is 0 Å². The molecule has 1 heterocycles. The fourth-order valence-electron chi connectivity index (χ4n) is 2.49. The summed E-state index contributed by atoms with van der Waals surface area (Å²) < 4.78 is 0.741. The summed E-state index contributed by atoms with van der Waals surface area (Å²) >= 11 is 3.25. The van der Waals surface area contributed by atoms with Gasteiger partial charge in [-0.25, -0.2) is 4.98 Å². The fraction of sp³-hybridized carbons (Fsp3) is 0.571. The first-order valence-corrected chi connectivity index (χ1v) is 7.56. The predicted octanol–water partition coefficient (Wildman–Crippen LogP) is 2.45. The van der Waals surface area contributed by atoms with Crippen molar-refractivity contribution in [1.82, 2.24) is 15.2 Å². The van der Waals surface area contributed by atoms with Gasteiger partial charge in [-0.15, -0.1) is 0 Å². The standard InChI is InChI=1S/C14H20BrN3O/c1-18(12-4-2-3-5-12)9-8-16-14(19)11-6-7-13(15)17-10-11/h6-7,10,12H,2-5,8-9H2,1H3,(H,16,19). The van der Waals surface area contributed by atoms with Crippen LogP contribution in [0.4, 0.5) is 0 Å². The zero-order chi connectivity index (χ0) is 13.7. The Morgan fingerprint density at radius 3 is 2.84 bits per heavy atom. The molecule has 104 valence electrons. The summed E-state index contributed by atoms with van der Waals surface area (Å²) in [4.78, 5) is 18.3. The lowest BCUT2D eigenvalue weighted by Gasteiger charge is -2.23. The Balaban J connectivity index is 1.73. The summed E-state index contributed by atoms with van der Waals surface area (Å²) in [6, 6.07) is 4.25. The lowest BCUT2D eigenvalue weighted by molar-refractivity contribution is 0.0947. The number of carbonyl (C=O) groups excluding carboxylic acids is 1. The van der Waals surface area contributed by atoms with E-state index in [-0.39, 0.29) is 5.91 Å². The van der Waals surface area contributed by atoms with E-state index < -0.39 is 0 Å². The molecule has 2 rings (SSSR count). The van der Waals surface area contributed by atoms with Gasteiger partial charge in [0.1, 0.15) is 4.60 Å². The van der Waals surface area contributed by atoms with Crippen molar-refractivity contribution in [2.75, 3.05) is 20.1 Å². The van der Waals surface area contributed by atoms with E-state index in [0.29, 0.717) is 18.2 Å². The van der Waals surface area contributed by atoms with Gasteiger partial charge in [0.15, 0.2) is 0 Å². The summed E-state index contributed by atoms with van der Waals surface area (Å²) in [7, 11) is 2.14. The van der Waals surface area contributed by atoms with Gasteiger partial charge in [-0.05, 0) is 48.0 Å². The number of nitrogens with one attached hydrogen (secondary N) is 1. The van der Waals surface area contributed by atoms with Crippen LogP contribution in [0.2, 0.25) is 0 Å². The van der Waals surface area contributed by atoms with Gasteiger partial charge < -0.3 is 10.2 Å². The van der Waals surface area contributed by atoms with E-state index in [1.54, 1.807) is 18.3 Å². The lowest BCUT2D eigenvalue weighted by Crippen LogP contribution is -2.37. The van der Waals surface area contributed by atoms with Gasteiger partial charge in [0.05, 0.1) is 5.56 Å². The maximum atomic E-state index is 11.9. The van der Waals surface area contributed by atoms with E-state index in [0.717, 1.165) is 11.1 Å². The number of pyridine rings is 1. The number of hydrogen-bond donors (Lipinski definition) is 1. The number of aromatic nitrogens is 1. The number of halogens is 1. The number of rotatable bonds is 5. The van der Waals surface area contributed by atoms with E-state index in [2.05, 4.69) is 38.2 Å². The van der Waals surface area contributed by atoms with Gasteiger partial charge >= 0.3 is 0 Å². The van der Waals surface area contributed by atoms with Crippen molar-refractivity contribution < 1.29 is 4.79 Å². The highest BCUT2D eigenvalue weighted by molar-refractivity contribution is 9.10. The first kappa shape index (κ1) is 14.5. The summed E-state index contributed by atoms with van der Waals surface area (Å²) in [6.45, 7) is 1.59. The monoisotopic (exact) mass is 325 g/mol. The molecule has 0 atom stereocenters. The van der Waals surface area contributed by atoms with Crippen LogP contribution in [0.5, 0.6) is 0 Å². The molecule has 1 N–H and O–H groups in total. The minimum absolute atomic E-state index is 0.0557. The Hall–Kier alpha value is -0.940. The average molecular weight is 326 g/mol. The minimum Gasteiger partial charge on any atom is -0.351 e. The Kier molecular flexibility index (Phi) is 5.34. The van der Waals surface area contributed by atoms with E-state index in [9.17, 15) is 4.79 Å². The van der Waals surface area contributed by atoms with Gasteiger partial charge in [-0.3, -0.25) is 4.79 Å². The molecule has 4 nitrogen and oxygen atoms in total. The van der Waals surface area contributed by atoms with Crippen molar-refractivity contribution in [3.05, 3.63) is 28.5 Å². The Morgan fingerprint density at radius 1 is 1.47 bits per heavy atom. The van der Waals surface area contributed by atoms with Gasteiger partial charge in [0, 0.05) is 25.3 Å². The molecular formula is C14H20BrN3O. The zero-order valence-corrected chi connectivity index (χ0v) is 12.8. The molecule has 19 heavy (non-hydrogen) atoms. The Morgan fingerprint density at radius 2 is 2.21 bits per heavy atom. The third-order valence-electron chi connectivity index (χ3n) is 3.69. The number of carbonyl (C=O) groups is 1. The molecule has 1 fully saturated rings. The maximum Gasteiger partial charge on any atom is 0.252 e. The number of hydrogen-bond acceptors (Lipinski definition) is 3. The third kappa shape index (κ3) is 4.28. The first-order valence-electron chi connectivity index (χ1n) is 6.77. The van der Waals surface area contributed by atoms with Gasteiger partial charge in [-0.1, -0.05) is 12.8 Å². The molecule has 1 aliphatic rings. The van der Waals surface area contributed by atoms with E-state index >= 15 is 0 Å². The molecule has 0 radical (unpaired) electrons. The van der Waals surface area contributed by atoms with Crippen LogP contribution in [0.15, 0.2) is 22.9 Å². The Labute approximate surface area is 122 Å². The fourth-order valence-corrected chi connectivity index (χ4v) is 2.72. The zero-order valence-electron chi connectivity index (χ0n) is 11.2. The third-order valence-corrected chi connectivity index (χ3v) is 4.16. The maximum absolute atomic E-state index is 11.9. The van der Waals surface area contributed by atoms with Crippen molar-refractivity contribution in [2.24, 2.45) is 0 Å². The van der Waals surface area contributed by atoms with Crippen LogP contribution in [0, 0.1) is 0 Å². The van der Waals surface area contributed by atoms with Gasteiger partial charge in [0.25, 0.3) is 5.91 Å². The molecule has 1 amide bonds. The topological polar surface area (TPSA) is 45.2 Å². The highest BCUT2D eigenvalue weighted by Crippen LogP contribution is 2.21. The number of likely N-dealkylation sites (N-methyl/N-ethyl adjacent to an activating group) is 1. The molecule has 0 bridgehead atoms. The van der Waals surface area contributed by atoms with Gasteiger partial charge in [-0.2, -0.15) is 0 Å². The largest absolute Gasteiger partial charge is 0.351 e. The van der Waals surface area contributed by atoms with Crippen molar-refractivity contribution in [3.8, 4) is 0 Å². The lowest BCUT2D eigenvalue weighted by atomic mass is 10.2. The number of nitrogens with zero attached hydrogens (tertiary/aromatic N) is 2. The summed E-state index contributed by atoms with van der Waals surface area (Å²) in [6.07, 6.45) is 6.85. The smallest absolute Gasteiger partial charge is 0.252 e. The molecule has 1 aromatic rings. The second-order valence-corrected chi connectivity index (χ2v) is 5.86. The van der Waals surface area contributed by atoms with Crippen molar-refractivity contribution >= 4 is 21.8 Å². The van der Waals surface area contributed by atoms with Crippen molar-refractivity contribution in [3.63, 3.8) is 0 Å². The molecule has 1 saturated carbocycles. The molecular weight excluding hydrogens is 306 g/mol. The SMILES string of the molecule is CN(CCNC(=O)c1ccc(Br)nc1)C1CCCC1. The van der Waals surface area contributed by atoms with Crippen LogP contribution in [0.3, 0.4) is 0 Å². The molecule has 1 aliphatic carbocycles. The van der Waals surface area contributed by atoms with Crippen LogP contribution in [-0.2, 0) is 0 Å². The first-order chi connectivity index (χ1) is 9.16. The van der Waals surface area contributed by atoms with E-state index in [1.807, 2.05) is 0 Å². The predicted molar refractivity (Wildman–Crippen MR) is 79.2 cm³/mol. The number of amides is 1. The molecule has 0 unspecified atom stereocenters.